The standard InChI is InChI=1S/C25H21ClF2N4O4/c1-35-14-23(33)29-12-15-8-9-20(26)18(10-15)24(34)31-21-6-3-7-22-19(21)13-30-32(22)16-4-2-5-17(11-16)36-25(27)28/h2-11,13,25H,12,14H2,1H3,(H,29,33)(H,31,34). The minimum Gasteiger partial charge on any atom is -0.435 e. The van der Waals surface area contributed by atoms with Gasteiger partial charge in [-0.25, -0.2) is 4.68 Å². The van der Waals surface area contributed by atoms with Gasteiger partial charge in [0.1, 0.15) is 12.4 Å². The molecule has 186 valence electrons. The molecule has 0 aliphatic rings. The van der Waals surface area contributed by atoms with Gasteiger partial charge in [0.2, 0.25) is 5.91 Å². The summed E-state index contributed by atoms with van der Waals surface area (Å²) in [6.45, 7) is -2.80. The average Bonchev–Trinajstić information content (AvgIpc) is 3.29. The first-order valence-electron chi connectivity index (χ1n) is 10.7. The number of amides is 2. The van der Waals surface area contributed by atoms with E-state index in [-0.39, 0.29) is 35.4 Å². The molecule has 3 aromatic carbocycles. The summed E-state index contributed by atoms with van der Waals surface area (Å²) in [5, 5.41) is 10.8. The normalized spacial score (nSPS) is 11.0. The van der Waals surface area contributed by atoms with E-state index in [4.69, 9.17) is 16.3 Å². The van der Waals surface area contributed by atoms with Gasteiger partial charge in [-0.1, -0.05) is 29.8 Å². The number of aromatic nitrogens is 2. The van der Waals surface area contributed by atoms with E-state index in [0.717, 1.165) is 0 Å². The second kappa shape index (κ2) is 11.1. The van der Waals surface area contributed by atoms with Gasteiger partial charge in [-0.2, -0.15) is 13.9 Å². The highest BCUT2D eigenvalue weighted by atomic mass is 35.5. The first kappa shape index (κ1) is 25.1. The smallest absolute Gasteiger partial charge is 0.387 e. The number of fused-ring (bicyclic) bond motifs is 1. The van der Waals surface area contributed by atoms with Crippen LogP contribution in [0.3, 0.4) is 0 Å². The summed E-state index contributed by atoms with van der Waals surface area (Å²) in [5.41, 5.74) is 2.56. The van der Waals surface area contributed by atoms with Crippen LogP contribution in [0.4, 0.5) is 14.5 Å². The Kier molecular flexibility index (Phi) is 7.77. The van der Waals surface area contributed by atoms with Gasteiger partial charge in [0.05, 0.1) is 33.7 Å². The van der Waals surface area contributed by atoms with Crippen molar-refractivity contribution in [3.8, 4) is 11.4 Å². The third kappa shape index (κ3) is 5.78. The molecule has 1 heterocycles. The number of carbonyl (C=O) groups excluding carboxylic acids is 2. The number of nitrogens with zero attached hydrogens (tertiary/aromatic N) is 2. The van der Waals surface area contributed by atoms with Crippen molar-refractivity contribution in [1.29, 1.82) is 0 Å². The quantitative estimate of drug-likeness (QED) is 0.335. The van der Waals surface area contributed by atoms with Crippen LogP contribution < -0.4 is 15.4 Å². The van der Waals surface area contributed by atoms with E-state index >= 15 is 0 Å². The van der Waals surface area contributed by atoms with Crippen LogP contribution in [0.2, 0.25) is 5.02 Å². The van der Waals surface area contributed by atoms with Crippen LogP contribution in [-0.4, -0.2) is 41.9 Å². The number of halogens is 3. The lowest BCUT2D eigenvalue weighted by Gasteiger charge is -2.11. The Balaban J connectivity index is 1.57. The molecule has 0 saturated carbocycles. The van der Waals surface area contributed by atoms with Gasteiger partial charge in [0.15, 0.2) is 0 Å². The van der Waals surface area contributed by atoms with E-state index in [9.17, 15) is 18.4 Å². The van der Waals surface area contributed by atoms with Crippen LogP contribution in [-0.2, 0) is 16.1 Å². The number of nitrogens with one attached hydrogen (secondary N) is 2. The van der Waals surface area contributed by atoms with Crippen molar-refractivity contribution in [2.24, 2.45) is 0 Å². The molecule has 2 N–H and O–H groups in total. The Labute approximate surface area is 209 Å². The van der Waals surface area contributed by atoms with Gasteiger partial charge >= 0.3 is 6.61 Å². The van der Waals surface area contributed by atoms with Crippen molar-refractivity contribution in [2.75, 3.05) is 19.0 Å². The third-order valence-corrected chi connectivity index (χ3v) is 5.52. The lowest BCUT2D eigenvalue weighted by Crippen LogP contribution is -2.26. The molecule has 4 rings (SSSR count). The number of alkyl halides is 2. The van der Waals surface area contributed by atoms with E-state index in [2.05, 4.69) is 20.5 Å². The number of anilines is 1. The lowest BCUT2D eigenvalue weighted by molar-refractivity contribution is -0.124. The first-order chi connectivity index (χ1) is 17.4. The van der Waals surface area contributed by atoms with Gasteiger partial charge in [0, 0.05) is 25.1 Å². The largest absolute Gasteiger partial charge is 0.435 e. The molecule has 1 aromatic heterocycles. The van der Waals surface area contributed by atoms with Crippen LogP contribution in [0.1, 0.15) is 15.9 Å². The lowest BCUT2D eigenvalue weighted by atomic mass is 10.1. The minimum atomic E-state index is -2.94. The van der Waals surface area contributed by atoms with E-state index in [1.54, 1.807) is 59.4 Å². The molecule has 0 spiro atoms. The SMILES string of the molecule is COCC(=O)NCc1ccc(Cl)c(C(=O)Nc2cccc3c2cnn3-c2cccc(OC(F)F)c2)c1. The molecule has 0 saturated heterocycles. The third-order valence-electron chi connectivity index (χ3n) is 5.19. The fourth-order valence-electron chi connectivity index (χ4n) is 3.59. The van der Waals surface area contributed by atoms with E-state index in [0.29, 0.717) is 27.8 Å². The van der Waals surface area contributed by atoms with Crippen LogP contribution in [0.25, 0.3) is 16.6 Å². The molecule has 11 heteroatoms. The molecular formula is C25H21ClF2N4O4. The van der Waals surface area contributed by atoms with Crippen LogP contribution >= 0.6 is 11.6 Å². The number of carbonyl (C=O) groups is 2. The second-order valence-electron chi connectivity index (χ2n) is 7.65. The molecule has 36 heavy (non-hydrogen) atoms. The van der Waals surface area contributed by atoms with Crippen molar-refractivity contribution in [2.45, 2.75) is 13.2 Å². The van der Waals surface area contributed by atoms with E-state index in [1.165, 1.54) is 19.2 Å². The monoisotopic (exact) mass is 514 g/mol. The molecule has 8 nitrogen and oxygen atoms in total. The van der Waals surface area contributed by atoms with Crippen LogP contribution in [0.15, 0.2) is 66.9 Å². The van der Waals surface area contributed by atoms with Crippen molar-refractivity contribution in [3.05, 3.63) is 83.0 Å². The van der Waals surface area contributed by atoms with E-state index in [1.807, 2.05) is 0 Å². The summed E-state index contributed by atoms with van der Waals surface area (Å²) >= 11 is 6.27. The number of benzene rings is 3. The predicted molar refractivity (Wildman–Crippen MR) is 131 cm³/mol. The maximum atomic E-state index is 13.1. The fourth-order valence-corrected chi connectivity index (χ4v) is 3.79. The fraction of sp³-hybridized carbons (Fsp3) is 0.160. The summed E-state index contributed by atoms with van der Waals surface area (Å²) in [4.78, 5) is 24.7. The second-order valence-corrected chi connectivity index (χ2v) is 8.06. The minimum absolute atomic E-state index is 0.00328. The molecule has 0 fully saturated rings. The number of rotatable bonds is 9. The van der Waals surface area contributed by atoms with Crippen molar-refractivity contribution < 1.29 is 27.8 Å². The average molecular weight is 515 g/mol. The summed E-state index contributed by atoms with van der Waals surface area (Å²) < 4.78 is 36.0. The molecule has 2 amide bonds. The molecule has 0 atom stereocenters. The maximum absolute atomic E-state index is 13.1. The molecular weight excluding hydrogens is 494 g/mol. The number of ether oxygens (including phenoxy) is 2. The predicted octanol–water partition coefficient (Wildman–Crippen LogP) is 4.80. The van der Waals surface area contributed by atoms with Crippen molar-refractivity contribution >= 4 is 40.0 Å². The zero-order valence-electron chi connectivity index (χ0n) is 19.0. The van der Waals surface area contributed by atoms with Crippen molar-refractivity contribution in [3.63, 3.8) is 0 Å². The zero-order valence-corrected chi connectivity index (χ0v) is 19.8. The topological polar surface area (TPSA) is 94.5 Å². The zero-order chi connectivity index (χ0) is 25.7. The first-order valence-corrected chi connectivity index (χ1v) is 11.1. The van der Waals surface area contributed by atoms with Gasteiger partial charge < -0.3 is 20.1 Å². The summed E-state index contributed by atoms with van der Waals surface area (Å²) in [7, 11) is 1.42. The van der Waals surface area contributed by atoms with Crippen LogP contribution in [0, 0.1) is 0 Å². The Morgan fingerprint density at radius 2 is 1.92 bits per heavy atom. The molecule has 0 radical (unpaired) electrons. The van der Waals surface area contributed by atoms with Gasteiger partial charge in [-0.05, 0) is 42.0 Å². The Morgan fingerprint density at radius 1 is 1.11 bits per heavy atom. The van der Waals surface area contributed by atoms with Crippen LogP contribution in [0.5, 0.6) is 5.75 Å². The van der Waals surface area contributed by atoms with Gasteiger partial charge in [-0.3, -0.25) is 9.59 Å². The number of methoxy groups -OCH3 is 1. The summed E-state index contributed by atoms with van der Waals surface area (Å²) in [6.07, 6.45) is 1.56. The molecule has 4 aromatic rings. The summed E-state index contributed by atoms with van der Waals surface area (Å²) in [5.74, 6) is -0.727. The highest BCUT2D eigenvalue weighted by Crippen LogP contribution is 2.28. The number of hydrogen-bond acceptors (Lipinski definition) is 5. The van der Waals surface area contributed by atoms with Gasteiger partial charge in [-0.15, -0.1) is 0 Å². The Morgan fingerprint density at radius 3 is 2.69 bits per heavy atom. The Hall–Kier alpha value is -4.02. The molecule has 0 bridgehead atoms. The molecule has 0 unspecified atom stereocenters. The van der Waals surface area contributed by atoms with E-state index < -0.39 is 12.5 Å². The molecule has 0 aliphatic heterocycles. The highest BCUT2D eigenvalue weighted by Gasteiger charge is 2.16. The van der Waals surface area contributed by atoms with Gasteiger partial charge in [0.25, 0.3) is 5.91 Å². The van der Waals surface area contributed by atoms with Crippen molar-refractivity contribution in [1.82, 2.24) is 15.1 Å². The molecule has 0 aliphatic carbocycles. The Bertz CT molecular complexity index is 1410. The highest BCUT2D eigenvalue weighted by molar-refractivity contribution is 6.34. The number of hydrogen-bond donors (Lipinski definition) is 2. The summed E-state index contributed by atoms with van der Waals surface area (Å²) in [6, 6.07) is 16.3. The maximum Gasteiger partial charge on any atom is 0.387 e.